The molecule has 30 heavy (non-hydrogen) atoms. The normalized spacial score (nSPS) is 18.6. The number of aromatic nitrogens is 1. The van der Waals surface area contributed by atoms with Crippen molar-refractivity contribution < 1.29 is 13.9 Å². The van der Waals surface area contributed by atoms with Crippen LogP contribution in [0.5, 0.6) is 0 Å². The van der Waals surface area contributed by atoms with E-state index in [4.69, 9.17) is 33.7 Å². The van der Waals surface area contributed by atoms with Gasteiger partial charge in [0.2, 0.25) is 5.91 Å². The molecule has 1 amide bonds. The molecule has 0 saturated carbocycles. The highest BCUT2D eigenvalue weighted by Gasteiger charge is 2.41. The molecule has 0 radical (unpaired) electrons. The number of hydrogen-bond acceptors (Lipinski definition) is 4. The average Bonchev–Trinajstić information content (AvgIpc) is 3.16. The number of fused-ring (bicyclic) bond motifs is 1. The largest absolute Gasteiger partial charge is 0.379 e. The van der Waals surface area contributed by atoms with Crippen molar-refractivity contribution in [1.82, 2.24) is 4.57 Å². The van der Waals surface area contributed by atoms with Crippen LogP contribution in [0.4, 0.5) is 10.1 Å². The number of nitrogens with one attached hydrogen (secondary N) is 1. The first-order valence-corrected chi connectivity index (χ1v) is 9.98. The van der Waals surface area contributed by atoms with E-state index in [1.165, 1.54) is 22.9 Å². The van der Waals surface area contributed by atoms with Gasteiger partial charge in [-0.2, -0.15) is 0 Å². The highest BCUT2D eigenvalue weighted by Crippen LogP contribution is 2.42. The van der Waals surface area contributed by atoms with E-state index in [1.54, 1.807) is 24.3 Å². The molecule has 9 heteroatoms. The van der Waals surface area contributed by atoms with Crippen LogP contribution in [0, 0.1) is 5.82 Å². The fraction of sp³-hybridized carbons (Fsp3) is 0.238. The quantitative estimate of drug-likeness (QED) is 0.581. The first kappa shape index (κ1) is 20.7. The molecule has 2 heterocycles. The van der Waals surface area contributed by atoms with E-state index in [0.29, 0.717) is 29.5 Å². The molecular formula is C21H18Cl2FN3O3. The predicted octanol–water partition coefficient (Wildman–Crippen LogP) is 3.66. The number of pyridine rings is 1. The Morgan fingerprint density at radius 3 is 2.77 bits per heavy atom. The number of nitrogens with two attached hydrogens (primary N) is 1. The Morgan fingerprint density at radius 2 is 2.07 bits per heavy atom. The Morgan fingerprint density at radius 1 is 1.27 bits per heavy atom. The van der Waals surface area contributed by atoms with Gasteiger partial charge in [0.05, 0.1) is 22.2 Å². The van der Waals surface area contributed by atoms with Gasteiger partial charge >= 0.3 is 0 Å². The van der Waals surface area contributed by atoms with Gasteiger partial charge in [0.25, 0.3) is 5.56 Å². The molecule has 0 spiro atoms. The van der Waals surface area contributed by atoms with Gasteiger partial charge in [0.1, 0.15) is 12.4 Å². The molecular weight excluding hydrogens is 432 g/mol. The molecule has 3 aromatic rings. The van der Waals surface area contributed by atoms with Crippen LogP contribution in [0.1, 0.15) is 12.0 Å². The summed E-state index contributed by atoms with van der Waals surface area (Å²) in [6, 6.07) is 9.62. The Labute approximate surface area is 181 Å². The van der Waals surface area contributed by atoms with Crippen LogP contribution >= 0.6 is 23.2 Å². The SMILES string of the molecule is NC(=O)Cn1ccc2ccc(NC3(c4c(F)ccc(Cl)c4Cl)CCOC3)cc2c1=O. The van der Waals surface area contributed by atoms with Crippen molar-refractivity contribution in [1.29, 1.82) is 0 Å². The van der Waals surface area contributed by atoms with Crippen molar-refractivity contribution >= 4 is 45.6 Å². The summed E-state index contributed by atoms with van der Waals surface area (Å²) in [5.41, 5.74) is 4.73. The van der Waals surface area contributed by atoms with Crippen LogP contribution in [-0.4, -0.2) is 23.7 Å². The molecule has 156 valence electrons. The summed E-state index contributed by atoms with van der Waals surface area (Å²) in [7, 11) is 0. The summed E-state index contributed by atoms with van der Waals surface area (Å²) in [6.45, 7) is 0.380. The molecule has 6 nitrogen and oxygen atoms in total. The number of anilines is 1. The second-order valence-electron chi connectivity index (χ2n) is 7.25. The third-order valence-electron chi connectivity index (χ3n) is 5.23. The molecule has 0 aliphatic carbocycles. The number of benzene rings is 2. The third kappa shape index (κ3) is 3.64. The van der Waals surface area contributed by atoms with E-state index in [-0.39, 0.29) is 34.3 Å². The summed E-state index contributed by atoms with van der Waals surface area (Å²) in [5.74, 6) is -1.11. The Hall–Kier alpha value is -2.61. The molecule has 1 unspecified atom stereocenters. The van der Waals surface area contributed by atoms with Gasteiger partial charge in [-0.05, 0) is 35.7 Å². The molecule has 1 fully saturated rings. The number of carbonyl (C=O) groups is 1. The van der Waals surface area contributed by atoms with Crippen LogP contribution in [-0.2, 0) is 21.6 Å². The molecule has 1 atom stereocenters. The first-order chi connectivity index (χ1) is 14.3. The minimum atomic E-state index is -0.944. The van der Waals surface area contributed by atoms with Gasteiger partial charge < -0.3 is 20.4 Å². The second-order valence-corrected chi connectivity index (χ2v) is 8.03. The summed E-state index contributed by atoms with van der Waals surface area (Å²) < 4.78 is 21.6. The predicted molar refractivity (Wildman–Crippen MR) is 115 cm³/mol. The Kier molecular flexibility index (Phi) is 5.44. The van der Waals surface area contributed by atoms with Crippen molar-refractivity contribution in [2.24, 2.45) is 5.73 Å². The van der Waals surface area contributed by atoms with Crippen molar-refractivity contribution in [3.8, 4) is 0 Å². The third-order valence-corrected chi connectivity index (χ3v) is 6.04. The summed E-state index contributed by atoms with van der Waals surface area (Å²) in [4.78, 5) is 24.0. The standard InChI is InChI=1S/C21H18Cl2FN3O3/c22-15-3-4-16(24)18(19(15)23)21(6-8-30-11-21)26-13-2-1-12-5-7-27(10-17(25)28)20(29)14(12)9-13/h1-5,7,9,26H,6,8,10-11H2,(H2,25,28). The number of primary amides is 1. The van der Waals surface area contributed by atoms with E-state index in [1.807, 2.05) is 0 Å². The molecule has 1 saturated heterocycles. The smallest absolute Gasteiger partial charge is 0.258 e. The van der Waals surface area contributed by atoms with E-state index in [9.17, 15) is 14.0 Å². The maximum atomic E-state index is 14.8. The molecule has 1 aliphatic rings. The highest BCUT2D eigenvalue weighted by atomic mass is 35.5. The number of halogens is 3. The highest BCUT2D eigenvalue weighted by molar-refractivity contribution is 6.42. The van der Waals surface area contributed by atoms with Crippen molar-refractivity contribution in [2.75, 3.05) is 18.5 Å². The molecule has 0 bridgehead atoms. The van der Waals surface area contributed by atoms with Gasteiger partial charge in [0.15, 0.2) is 0 Å². The zero-order valence-electron chi connectivity index (χ0n) is 15.8. The lowest BCUT2D eigenvalue weighted by atomic mass is 9.88. The lowest BCUT2D eigenvalue weighted by Crippen LogP contribution is -2.37. The van der Waals surface area contributed by atoms with E-state index in [0.717, 1.165) is 0 Å². The van der Waals surface area contributed by atoms with Crippen LogP contribution in [0.2, 0.25) is 10.0 Å². The minimum Gasteiger partial charge on any atom is -0.379 e. The molecule has 1 aliphatic heterocycles. The Balaban J connectivity index is 1.80. The van der Waals surface area contributed by atoms with Crippen LogP contribution in [0.15, 0.2) is 47.4 Å². The van der Waals surface area contributed by atoms with Gasteiger partial charge in [-0.1, -0.05) is 29.3 Å². The lowest BCUT2D eigenvalue weighted by molar-refractivity contribution is -0.118. The monoisotopic (exact) mass is 449 g/mol. The topological polar surface area (TPSA) is 86.3 Å². The maximum Gasteiger partial charge on any atom is 0.258 e. The zero-order chi connectivity index (χ0) is 21.5. The van der Waals surface area contributed by atoms with Crippen LogP contribution in [0.25, 0.3) is 10.8 Å². The van der Waals surface area contributed by atoms with Gasteiger partial charge in [-0.15, -0.1) is 0 Å². The van der Waals surface area contributed by atoms with Gasteiger partial charge in [0, 0.05) is 35.9 Å². The van der Waals surface area contributed by atoms with Crippen LogP contribution in [0.3, 0.4) is 0 Å². The number of carbonyl (C=O) groups excluding carboxylic acids is 1. The number of ether oxygens (including phenoxy) is 1. The lowest BCUT2D eigenvalue weighted by Gasteiger charge is -2.32. The summed E-state index contributed by atoms with van der Waals surface area (Å²) in [5, 5.41) is 4.78. The number of nitrogens with zero attached hydrogens (tertiary/aromatic N) is 1. The first-order valence-electron chi connectivity index (χ1n) is 9.22. The number of rotatable bonds is 5. The fourth-order valence-electron chi connectivity index (χ4n) is 3.81. The summed E-state index contributed by atoms with van der Waals surface area (Å²) in [6.07, 6.45) is 1.98. The second kappa shape index (κ2) is 7.91. The molecule has 1 aromatic heterocycles. The van der Waals surface area contributed by atoms with Crippen molar-refractivity contribution in [3.63, 3.8) is 0 Å². The van der Waals surface area contributed by atoms with Crippen molar-refractivity contribution in [2.45, 2.75) is 18.5 Å². The average molecular weight is 450 g/mol. The Bertz CT molecular complexity index is 1210. The van der Waals surface area contributed by atoms with Gasteiger partial charge in [-0.3, -0.25) is 9.59 Å². The number of amides is 1. The zero-order valence-corrected chi connectivity index (χ0v) is 17.3. The van der Waals surface area contributed by atoms with Gasteiger partial charge in [-0.25, -0.2) is 4.39 Å². The van der Waals surface area contributed by atoms with E-state index < -0.39 is 17.3 Å². The van der Waals surface area contributed by atoms with Crippen molar-refractivity contribution in [3.05, 3.63) is 74.4 Å². The molecule has 4 rings (SSSR count). The summed E-state index contributed by atoms with van der Waals surface area (Å²) >= 11 is 12.5. The number of hydrogen-bond donors (Lipinski definition) is 2. The minimum absolute atomic E-state index is 0.124. The van der Waals surface area contributed by atoms with E-state index in [2.05, 4.69) is 5.32 Å². The molecule has 2 aromatic carbocycles. The van der Waals surface area contributed by atoms with Crippen LogP contribution < -0.4 is 16.6 Å². The molecule has 3 N–H and O–H groups in total. The van der Waals surface area contributed by atoms with E-state index >= 15 is 0 Å². The maximum absolute atomic E-state index is 14.8. The fourth-order valence-corrected chi connectivity index (χ4v) is 4.31.